The Hall–Kier alpha value is -1.51. The number of benzene rings is 1. The van der Waals surface area contributed by atoms with E-state index in [1.54, 1.807) is 0 Å². The van der Waals surface area contributed by atoms with Crippen LogP contribution in [-0.4, -0.2) is 12.6 Å². The maximum absolute atomic E-state index is 11.8. The fourth-order valence-electron chi connectivity index (χ4n) is 2.40. The number of rotatable bonds is 2. The minimum Gasteiger partial charge on any atom is -0.466 e. The molecule has 0 spiro atoms. The zero-order valence-corrected chi connectivity index (χ0v) is 9.53. The van der Waals surface area contributed by atoms with Crippen molar-refractivity contribution in [2.45, 2.75) is 32.1 Å². The zero-order valence-electron chi connectivity index (χ0n) is 9.53. The lowest BCUT2D eigenvalue weighted by Crippen LogP contribution is -2.22. The Labute approximate surface area is 95.6 Å². The number of carbonyl (C=O) groups excluding carboxylic acids is 1. The summed E-state index contributed by atoms with van der Waals surface area (Å²) in [5.74, 6) is -0.300. The van der Waals surface area contributed by atoms with E-state index in [9.17, 15) is 4.79 Å². The van der Waals surface area contributed by atoms with Crippen LogP contribution in [0.1, 0.15) is 36.8 Å². The lowest BCUT2D eigenvalue weighted by Gasteiger charge is -2.25. The number of ether oxygens (including phenoxy) is 1. The average Bonchev–Trinajstić information content (AvgIpc) is 2.29. The van der Waals surface area contributed by atoms with E-state index in [1.807, 2.05) is 19.1 Å². The number of nitrogen functional groups attached to an aromatic ring is 1. The summed E-state index contributed by atoms with van der Waals surface area (Å²) in [5.41, 5.74) is 8.87. The highest BCUT2D eigenvalue weighted by atomic mass is 16.5. The highest BCUT2D eigenvalue weighted by molar-refractivity contribution is 5.81. The fourth-order valence-corrected chi connectivity index (χ4v) is 2.40. The molecule has 3 nitrogen and oxygen atoms in total. The van der Waals surface area contributed by atoms with E-state index in [1.165, 1.54) is 5.56 Å². The van der Waals surface area contributed by atoms with Crippen LogP contribution in [0.25, 0.3) is 0 Å². The third-order valence-corrected chi connectivity index (χ3v) is 3.09. The summed E-state index contributed by atoms with van der Waals surface area (Å²) in [4.78, 5) is 11.8. The molecule has 0 aliphatic heterocycles. The molecule has 0 saturated heterocycles. The van der Waals surface area contributed by atoms with Crippen molar-refractivity contribution in [3.8, 4) is 0 Å². The molecule has 86 valence electrons. The van der Waals surface area contributed by atoms with E-state index in [4.69, 9.17) is 10.5 Å². The Kier molecular flexibility index (Phi) is 3.13. The van der Waals surface area contributed by atoms with Crippen LogP contribution in [0.5, 0.6) is 0 Å². The standard InChI is InChI=1S/C13H17NO2/c1-2-16-13(15)10-7-3-5-9-6-4-8-11(14)12(9)10/h4,6,8,10H,2-3,5,7,14H2,1H3. The van der Waals surface area contributed by atoms with Crippen LogP contribution in [0.4, 0.5) is 5.69 Å². The second-order valence-corrected chi connectivity index (χ2v) is 4.12. The predicted octanol–water partition coefficient (Wildman–Crippen LogP) is 2.25. The summed E-state index contributed by atoms with van der Waals surface area (Å²) in [6.07, 6.45) is 2.89. The molecule has 1 aromatic rings. The van der Waals surface area contributed by atoms with Gasteiger partial charge in [-0.15, -0.1) is 0 Å². The van der Waals surface area contributed by atoms with Gasteiger partial charge < -0.3 is 10.5 Å². The molecule has 1 aliphatic carbocycles. The van der Waals surface area contributed by atoms with Crippen LogP contribution in [0.15, 0.2) is 18.2 Å². The van der Waals surface area contributed by atoms with Crippen molar-refractivity contribution in [3.05, 3.63) is 29.3 Å². The van der Waals surface area contributed by atoms with Gasteiger partial charge in [-0.1, -0.05) is 12.1 Å². The number of esters is 1. The van der Waals surface area contributed by atoms with Crippen molar-refractivity contribution in [3.63, 3.8) is 0 Å². The first-order valence-corrected chi connectivity index (χ1v) is 5.78. The number of anilines is 1. The molecule has 0 amide bonds. The predicted molar refractivity (Wildman–Crippen MR) is 63.2 cm³/mol. The van der Waals surface area contributed by atoms with Crippen molar-refractivity contribution in [2.75, 3.05) is 12.3 Å². The number of fused-ring (bicyclic) bond motifs is 1. The third kappa shape index (κ3) is 1.90. The molecule has 1 aromatic carbocycles. The van der Waals surface area contributed by atoms with Crippen LogP contribution >= 0.6 is 0 Å². The van der Waals surface area contributed by atoms with Crippen LogP contribution in [0.2, 0.25) is 0 Å². The quantitative estimate of drug-likeness (QED) is 0.613. The van der Waals surface area contributed by atoms with Gasteiger partial charge in [0, 0.05) is 5.69 Å². The maximum Gasteiger partial charge on any atom is 0.313 e. The van der Waals surface area contributed by atoms with Crippen LogP contribution in [0, 0.1) is 0 Å². The molecule has 1 unspecified atom stereocenters. The van der Waals surface area contributed by atoms with Crippen molar-refractivity contribution in [1.82, 2.24) is 0 Å². The molecule has 2 rings (SSSR count). The number of carbonyl (C=O) groups is 1. The van der Waals surface area contributed by atoms with Gasteiger partial charge in [-0.05, 0) is 43.4 Å². The summed E-state index contributed by atoms with van der Waals surface area (Å²) in [6.45, 7) is 2.26. The maximum atomic E-state index is 11.8. The third-order valence-electron chi connectivity index (χ3n) is 3.09. The Morgan fingerprint density at radius 2 is 2.38 bits per heavy atom. The topological polar surface area (TPSA) is 52.3 Å². The van der Waals surface area contributed by atoms with E-state index < -0.39 is 0 Å². The Morgan fingerprint density at radius 3 is 3.12 bits per heavy atom. The molecule has 1 aliphatic rings. The summed E-state index contributed by atoms with van der Waals surface area (Å²) in [5, 5.41) is 0. The first kappa shape index (κ1) is 11.0. The Bertz CT molecular complexity index is 401. The first-order valence-electron chi connectivity index (χ1n) is 5.78. The second kappa shape index (κ2) is 4.56. The summed E-state index contributed by atoms with van der Waals surface area (Å²) < 4.78 is 5.10. The van der Waals surface area contributed by atoms with E-state index >= 15 is 0 Å². The molecule has 0 saturated carbocycles. The van der Waals surface area contributed by atoms with E-state index in [0.29, 0.717) is 6.61 Å². The van der Waals surface area contributed by atoms with Gasteiger partial charge in [0.2, 0.25) is 0 Å². The van der Waals surface area contributed by atoms with Crippen LogP contribution in [-0.2, 0) is 16.0 Å². The molecule has 16 heavy (non-hydrogen) atoms. The lowest BCUT2D eigenvalue weighted by molar-refractivity contribution is -0.145. The second-order valence-electron chi connectivity index (χ2n) is 4.12. The van der Waals surface area contributed by atoms with Gasteiger partial charge in [-0.25, -0.2) is 0 Å². The van der Waals surface area contributed by atoms with Crippen molar-refractivity contribution >= 4 is 11.7 Å². The molecule has 0 heterocycles. The molecular formula is C13H17NO2. The molecule has 0 radical (unpaired) electrons. The van der Waals surface area contributed by atoms with Gasteiger partial charge in [0.25, 0.3) is 0 Å². The molecular weight excluding hydrogens is 202 g/mol. The molecule has 0 bridgehead atoms. The minimum absolute atomic E-state index is 0.138. The first-order chi connectivity index (χ1) is 7.74. The van der Waals surface area contributed by atoms with Crippen molar-refractivity contribution in [2.24, 2.45) is 0 Å². The normalized spacial score (nSPS) is 18.9. The molecule has 0 fully saturated rings. The number of nitrogens with two attached hydrogens (primary N) is 1. The van der Waals surface area contributed by atoms with Gasteiger partial charge in [0.1, 0.15) is 0 Å². The number of hydrogen-bond acceptors (Lipinski definition) is 3. The van der Waals surface area contributed by atoms with Gasteiger partial charge in [-0.3, -0.25) is 4.79 Å². The fraction of sp³-hybridized carbons (Fsp3) is 0.462. The minimum atomic E-state index is -0.162. The lowest BCUT2D eigenvalue weighted by atomic mass is 9.82. The molecule has 1 atom stereocenters. The Morgan fingerprint density at radius 1 is 1.56 bits per heavy atom. The van der Waals surface area contributed by atoms with Gasteiger partial charge in [0.05, 0.1) is 12.5 Å². The van der Waals surface area contributed by atoms with E-state index in [2.05, 4.69) is 6.07 Å². The smallest absolute Gasteiger partial charge is 0.313 e. The van der Waals surface area contributed by atoms with Crippen molar-refractivity contribution < 1.29 is 9.53 Å². The largest absolute Gasteiger partial charge is 0.466 e. The van der Waals surface area contributed by atoms with Gasteiger partial charge in [0.15, 0.2) is 0 Å². The number of aryl methyl sites for hydroxylation is 1. The summed E-state index contributed by atoms with van der Waals surface area (Å²) >= 11 is 0. The average molecular weight is 219 g/mol. The molecule has 2 N–H and O–H groups in total. The van der Waals surface area contributed by atoms with Crippen molar-refractivity contribution in [1.29, 1.82) is 0 Å². The SMILES string of the molecule is CCOC(=O)C1CCCc2cccc(N)c21. The van der Waals surface area contributed by atoms with Crippen LogP contribution in [0.3, 0.4) is 0 Å². The van der Waals surface area contributed by atoms with Gasteiger partial charge in [-0.2, -0.15) is 0 Å². The van der Waals surface area contributed by atoms with E-state index in [-0.39, 0.29) is 11.9 Å². The molecule has 3 heteroatoms. The Balaban J connectivity index is 2.35. The zero-order chi connectivity index (χ0) is 11.5. The highest BCUT2D eigenvalue weighted by Crippen LogP contribution is 2.36. The number of hydrogen-bond donors (Lipinski definition) is 1. The van der Waals surface area contributed by atoms with Gasteiger partial charge >= 0.3 is 5.97 Å². The monoisotopic (exact) mass is 219 g/mol. The summed E-state index contributed by atoms with van der Waals surface area (Å²) in [7, 11) is 0. The van der Waals surface area contributed by atoms with Crippen LogP contribution < -0.4 is 5.73 Å². The summed E-state index contributed by atoms with van der Waals surface area (Å²) in [6, 6.07) is 5.86. The highest BCUT2D eigenvalue weighted by Gasteiger charge is 2.29. The van der Waals surface area contributed by atoms with E-state index in [0.717, 1.165) is 30.5 Å². The molecule has 0 aromatic heterocycles.